The topological polar surface area (TPSA) is 90.7 Å². The summed E-state index contributed by atoms with van der Waals surface area (Å²) in [6.45, 7) is 2.98. The first-order valence-electron chi connectivity index (χ1n) is 11.5. The van der Waals surface area contributed by atoms with Gasteiger partial charge in [0.2, 0.25) is 11.8 Å². The van der Waals surface area contributed by atoms with Crippen molar-refractivity contribution in [1.29, 1.82) is 0 Å². The van der Waals surface area contributed by atoms with E-state index in [2.05, 4.69) is 16.9 Å². The average molecular weight is 458 g/mol. The van der Waals surface area contributed by atoms with Crippen molar-refractivity contribution in [1.82, 2.24) is 15.2 Å². The SMILES string of the molecule is NCC1CCN(C(=O)CN2CCC[C@H](NNc3ccc4cc(Cl)ccc4c3)CC2=O)CC1. The molecule has 2 aromatic rings. The van der Waals surface area contributed by atoms with Gasteiger partial charge in [0.1, 0.15) is 0 Å². The number of hydrogen-bond donors (Lipinski definition) is 3. The van der Waals surface area contributed by atoms with Crippen LogP contribution in [0.2, 0.25) is 5.02 Å². The Labute approximate surface area is 194 Å². The van der Waals surface area contributed by atoms with Crippen LogP contribution < -0.4 is 16.6 Å². The minimum atomic E-state index is 0.0174. The maximum absolute atomic E-state index is 12.8. The molecule has 4 rings (SSSR count). The molecule has 0 saturated carbocycles. The molecule has 8 heteroatoms. The molecular formula is C24H32ClN5O2. The summed E-state index contributed by atoms with van der Waals surface area (Å²) in [5.74, 6) is 0.591. The summed E-state index contributed by atoms with van der Waals surface area (Å²) in [7, 11) is 0. The molecule has 0 radical (unpaired) electrons. The number of rotatable bonds is 6. The maximum Gasteiger partial charge on any atom is 0.242 e. The lowest BCUT2D eigenvalue weighted by Gasteiger charge is -2.33. The molecular weight excluding hydrogens is 426 g/mol. The van der Waals surface area contributed by atoms with Gasteiger partial charge in [0.25, 0.3) is 0 Å². The maximum atomic E-state index is 12.8. The molecule has 4 N–H and O–H groups in total. The van der Waals surface area contributed by atoms with Gasteiger partial charge in [0.05, 0.1) is 6.54 Å². The van der Waals surface area contributed by atoms with Gasteiger partial charge in [-0.05, 0) is 73.2 Å². The smallest absolute Gasteiger partial charge is 0.242 e. The first-order chi connectivity index (χ1) is 15.5. The number of nitrogens with one attached hydrogen (secondary N) is 2. The Kier molecular flexibility index (Phi) is 7.50. The monoisotopic (exact) mass is 457 g/mol. The zero-order chi connectivity index (χ0) is 22.5. The molecule has 1 atom stereocenters. The summed E-state index contributed by atoms with van der Waals surface area (Å²) >= 11 is 6.06. The summed E-state index contributed by atoms with van der Waals surface area (Å²) in [5, 5.41) is 2.90. The number of hydrogen-bond acceptors (Lipinski definition) is 5. The van der Waals surface area contributed by atoms with Gasteiger partial charge < -0.3 is 21.0 Å². The number of likely N-dealkylation sites (tertiary alicyclic amines) is 2. The number of halogens is 1. The number of piperidine rings is 1. The highest BCUT2D eigenvalue weighted by Crippen LogP contribution is 2.23. The van der Waals surface area contributed by atoms with Crippen LogP contribution in [0, 0.1) is 5.92 Å². The highest BCUT2D eigenvalue weighted by atomic mass is 35.5. The van der Waals surface area contributed by atoms with Crippen LogP contribution in [0.1, 0.15) is 32.1 Å². The second kappa shape index (κ2) is 10.5. The minimum absolute atomic E-state index is 0.0174. The number of hydrazine groups is 1. The molecule has 0 unspecified atom stereocenters. The molecule has 0 bridgehead atoms. The van der Waals surface area contributed by atoms with Crippen LogP contribution in [0.3, 0.4) is 0 Å². The molecule has 2 aliphatic rings. The van der Waals surface area contributed by atoms with E-state index in [1.807, 2.05) is 35.2 Å². The number of carbonyl (C=O) groups is 2. The lowest BCUT2D eigenvalue weighted by Crippen LogP contribution is -2.46. The van der Waals surface area contributed by atoms with Gasteiger partial charge in [0, 0.05) is 42.8 Å². The summed E-state index contributed by atoms with van der Waals surface area (Å²) < 4.78 is 0. The molecule has 0 aliphatic carbocycles. The molecule has 172 valence electrons. The van der Waals surface area contributed by atoms with Crippen molar-refractivity contribution >= 4 is 39.9 Å². The zero-order valence-corrected chi connectivity index (χ0v) is 19.1. The Morgan fingerprint density at radius 3 is 2.59 bits per heavy atom. The molecule has 2 aliphatic heterocycles. The molecule has 0 aromatic heterocycles. The standard InChI is InChI=1S/C24H32ClN5O2/c25-20-5-3-19-13-22(6-4-18(19)12-20)28-27-21-2-1-9-30(23(31)14-21)16-24(32)29-10-7-17(15-26)8-11-29/h3-6,12-13,17,21,27-28H,1-2,7-11,14-16,26H2/t21-/m0/s1. The molecule has 7 nitrogen and oxygen atoms in total. The van der Waals surface area contributed by atoms with Crippen molar-refractivity contribution in [2.24, 2.45) is 11.7 Å². The van der Waals surface area contributed by atoms with Crippen molar-refractivity contribution in [2.45, 2.75) is 38.1 Å². The van der Waals surface area contributed by atoms with Crippen LogP contribution in [-0.4, -0.2) is 60.4 Å². The van der Waals surface area contributed by atoms with Gasteiger partial charge in [-0.2, -0.15) is 0 Å². The number of fused-ring (bicyclic) bond motifs is 1. The second-order valence-electron chi connectivity index (χ2n) is 8.89. The minimum Gasteiger partial charge on any atom is -0.341 e. The Bertz CT molecular complexity index is 961. The van der Waals surface area contributed by atoms with E-state index in [-0.39, 0.29) is 24.4 Å². The Morgan fingerprint density at radius 2 is 1.81 bits per heavy atom. The number of nitrogens with two attached hydrogens (primary N) is 1. The zero-order valence-electron chi connectivity index (χ0n) is 18.4. The van der Waals surface area contributed by atoms with E-state index in [9.17, 15) is 9.59 Å². The van der Waals surface area contributed by atoms with Crippen LogP contribution >= 0.6 is 11.6 Å². The largest absolute Gasteiger partial charge is 0.341 e. The lowest BCUT2D eigenvalue weighted by atomic mass is 9.97. The summed E-state index contributed by atoms with van der Waals surface area (Å²) in [5.41, 5.74) is 13.2. The molecule has 2 aromatic carbocycles. The predicted octanol–water partition coefficient (Wildman–Crippen LogP) is 2.99. The van der Waals surface area contributed by atoms with Crippen LogP contribution in [-0.2, 0) is 9.59 Å². The van der Waals surface area contributed by atoms with Gasteiger partial charge in [-0.25, -0.2) is 5.43 Å². The number of carbonyl (C=O) groups excluding carboxylic acids is 2. The van der Waals surface area contributed by atoms with E-state index in [1.54, 1.807) is 4.90 Å². The van der Waals surface area contributed by atoms with Gasteiger partial charge in [-0.15, -0.1) is 0 Å². The van der Waals surface area contributed by atoms with Crippen LogP contribution in [0.5, 0.6) is 0 Å². The van der Waals surface area contributed by atoms with Crippen molar-refractivity contribution in [3.63, 3.8) is 0 Å². The van der Waals surface area contributed by atoms with E-state index in [0.29, 0.717) is 25.4 Å². The van der Waals surface area contributed by atoms with Crippen LogP contribution in [0.25, 0.3) is 10.8 Å². The van der Waals surface area contributed by atoms with Crippen molar-refractivity contribution in [3.8, 4) is 0 Å². The molecule has 2 fully saturated rings. The van der Waals surface area contributed by atoms with Gasteiger partial charge in [-0.1, -0.05) is 23.7 Å². The predicted molar refractivity (Wildman–Crippen MR) is 128 cm³/mol. The van der Waals surface area contributed by atoms with Crippen molar-refractivity contribution in [3.05, 3.63) is 41.4 Å². The molecule has 2 amide bonds. The first-order valence-corrected chi connectivity index (χ1v) is 11.9. The molecule has 0 spiro atoms. The van der Waals surface area contributed by atoms with E-state index in [0.717, 1.165) is 60.3 Å². The molecule has 32 heavy (non-hydrogen) atoms. The van der Waals surface area contributed by atoms with E-state index in [1.165, 1.54) is 0 Å². The first kappa shape index (κ1) is 22.8. The second-order valence-corrected chi connectivity index (χ2v) is 9.33. The fourth-order valence-corrected chi connectivity index (χ4v) is 4.73. The highest BCUT2D eigenvalue weighted by Gasteiger charge is 2.28. The number of anilines is 1. The van der Waals surface area contributed by atoms with Crippen molar-refractivity contribution < 1.29 is 9.59 Å². The van der Waals surface area contributed by atoms with Crippen LogP contribution in [0.4, 0.5) is 5.69 Å². The van der Waals surface area contributed by atoms with E-state index in [4.69, 9.17) is 17.3 Å². The van der Waals surface area contributed by atoms with E-state index < -0.39 is 0 Å². The Hall–Kier alpha value is -2.35. The highest BCUT2D eigenvalue weighted by molar-refractivity contribution is 6.31. The van der Waals surface area contributed by atoms with E-state index >= 15 is 0 Å². The fraction of sp³-hybridized carbons (Fsp3) is 0.500. The third-order valence-corrected chi connectivity index (χ3v) is 6.84. The number of benzene rings is 2. The van der Waals surface area contributed by atoms with Gasteiger partial charge >= 0.3 is 0 Å². The summed E-state index contributed by atoms with van der Waals surface area (Å²) in [6, 6.07) is 11.9. The van der Waals surface area contributed by atoms with Gasteiger partial charge in [0.15, 0.2) is 0 Å². The fourth-order valence-electron chi connectivity index (χ4n) is 4.55. The Balaban J connectivity index is 1.28. The third kappa shape index (κ3) is 5.71. The lowest BCUT2D eigenvalue weighted by molar-refractivity contribution is -0.141. The summed E-state index contributed by atoms with van der Waals surface area (Å²) in [6.07, 6.45) is 4.02. The van der Waals surface area contributed by atoms with Crippen LogP contribution in [0.15, 0.2) is 36.4 Å². The quantitative estimate of drug-likeness (QED) is 0.580. The molecule has 2 heterocycles. The van der Waals surface area contributed by atoms with Gasteiger partial charge in [-0.3, -0.25) is 9.59 Å². The normalized spacial score (nSPS) is 20.4. The number of amides is 2. The third-order valence-electron chi connectivity index (χ3n) is 6.60. The molecule has 2 saturated heterocycles. The number of nitrogens with zero attached hydrogens (tertiary/aromatic N) is 2. The Morgan fingerprint density at radius 1 is 1.06 bits per heavy atom. The van der Waals surface area contributed by atoms with Crippen molar-refractivity contribution in [2.75, 3.05) is 38.1 Å². The average Bonchev–Trinajstić information content (AvgIpc) is 2.98. The summed E-state index contributed by atoms with van der Waals surface area (Å²) in [4.78, 5) is 29.1.